The first-order valence-electron chi connectivity index (χ1n) is 12.0. The predicted molar refractivity (Wildman–Crippen MR) is 119 cm³/mol. The summed E-state index contributed by atoms with van der Waals surface area (Å²) in [6.45, 7) is 0.646. The van der Waals surface area contributed by atoms with Crippen LogP contribution >= 0.6 is 11.8 Å². The number of amides is 1. The number of hydrogen-bond donors (Lipinski definition) is 1. The molecule has 1 atom stereocenters. The molecule has 1 heterocycles. The second-order valence-electron chi connectivity index (χ2n) is 11.0. The Balaban J connectivity index is 1.24. The molecule has 4 bridgehead atoms. The van der Waals surface area contributed by atoms with Gasteiger partial charge in [0, 0.05) is 17.2 Å². The maximum Gasteiger partial charge on any atom is 0.327 e. The van der Waals surface area contributed by atoms with E-state index in [0.29, 0.717) is 24.0 Å². The molecule has 7 rings (SSSR count). The maximum atomic E-state index is 15.1. The highest BCUT2D eigenvalue weighted by Gasteiger charge is 2.51. The number of halogens is 1. The number of nitrogens with zero attached hydrogens (tertiary/aromatic N) is 1. The van der Waals surface area contributed by atoms with Gasteiger partial charge in [-0.15, -0.1) is 11.8 Å². The molecule has 0 aromatic heterocycles. The van der Waals surface area contributed by atoms with E-state index in [0.717, 1.165) is 36.2 Å². The zero-order chi connectivity index (χ0) is 22.0. The molecule has 7 heteroatoms. The topological polar surface area (TPSA) is 66.8 Å². The Morgan fingerprint density at radius 2 is 1.78 bits per heavy atom. The summed E-state index contributed by atoms with van der Waals surface area (Å²) in [7, 11) is 0. The van der Waals surface area contributed by atoms with E-state index in [1.807, 2.05) is 0 Å². The fourth-order valence-corrected chi connectivity index (χ4v) is 8.42. The van der Waals surface area contributed by atoms with Gasteiger partial charge in [0.05, 0.1) is 18.0 Å². The Bertz CT molecular complexity index is 926. The zero-order valence-corrected chi connectivity index (χ0v) is 19.0. The predicted octanol–water partition coefficient (Wildman–Crippen LogP) is 4.90. The second kappa shape index (κ2) is 7.64. The van der Waals surface area contributed by atoms with Gasteiger partial charge in [-0.2, -0.15) is 0 Å². The van der Waals surface area contributed by atoms with Crippen molar-refractivity contribution >= 4 is 23.6 Å². The average molecular weight is 460 g/mol. The number of ether oxygens (including phenoxy) is 1. The summed E-state index contributed by atoms with van der Waals surface area (Å²) in [5.41, 5.74) is 1.13. The number of carboxylic acid groups (broad SMARTS) is 1. The van der Waals surface area contributed by atoms with E-state index in [1.165, 1.54) is 61.3 Å². The first-order chi connectivity index (χ1) is 15.4. The Hall–Kier alpha value is -1.76. The van der Waals surface area contributed by atoms with Gasteiger partial charge >= 0.3 is 5.97 Å². The molecule has 1 aromatic rings. The average Bonchev–Trinajstić information content (AvgIpc) is 3.45. The summed E-state index contributed by atoms with van der Waals surface area (Å²) >= 11 is 1.39. The monoisotopic (exact) mass is 459 g/mol. The van der Waals surface area contributed by atoms with Crippen molar-refractivity contribution in [3.05, 3.63) is 29.1 Å². The van der Waals surface area contributed by atoms with Crippen LogP contribution in [0.3, 0.4) is 0 Å². The third-order valence-electron chi connectivity index (χ3n) is 8.47. The molecule has 5 aliphatic carbocycles. The summed E-state index contributed by atoms with van der Waals surface area (Å²) in [4.78, 5) is 25.8. The van der Waals surface area contributed by atoms with Gasteiger partial charge in [-0.1, -0.05) is 0 Å². The van der Waals surface area contributed by atoms with Crippen LogP contribution in [0.5, 0.6) is 5.75 Å². The lowest BCUT2D eigenvalue weighted by molar-refractivity contribution is -0.140. The molecular weight excluding hydrogens is 429 g/mol. The molecule has 0 radical (unpaired) electrons. The van der Waals surface area contributed by atoms with Crippen LogP contribution in [0.15, 0.2) is 12.1 Å². The standard InChI is InChI=1S/C25H30FNO4S/c26-20-7-22(31-12-25-8-14-3-15(9-25)5-16(4-14)10-25)18(17-1-2-17)6-19(20)23(28)27-13-32-11-21(27)24(29)30/h6-7,14-17,21H,1-5,8-13H2,(H,29,30)/t14?,15?,16?,21-,25?/m1/s1. The number of rotatable bonds is 6. The normalized spacial score (nSPS) is 35.3. The van der Waals surface area contributed by atoms with Crippen LogP contribution < -0.4 is 4.74 Å². The first-order valence-corrected chi connectivity index (χ1v) is 13.1. The fraction of sp³-hybridized carbons (Fsp3) is 0.680. The van der Waals surface area contributed by atoms with Crippen molar-refractivity contribution in [3.63, 3.8) is 0 Å². The van der Waals surface area contributed by atoms with Crippen LogP contribution in [-0.4, -0.2) is 46.2 Å². The molecule has 1 saturated heterocycles. The van der Waals surface area contributed by atoms with Gasteiger partial charge in [-0.3, -0.25) is 4.79 Å². The molecule has 5 nitrogen and oxygen atoms in total. The van der Waals surface area contributed by atoms with E-state index in [-0.39, 0.29) is 16.9 Å². The van der Waals surface area contributed by atoms with Crippen LogP contribution in [0, 0.1) is 29.0 Å². The first kappa shape index (κ1) is 20.8. The number of hydrogen-bond acceptors (Lipinski definition) is 4. The minimum atomic E-state index is -1.04. The van der Waals surface area contributed by atoms with Gasteiger partial charge in [0.2, 0.25) is 0 Å². The van der Waals surface area contributed by atoms with Crippen molar-refractivity contribution in [3.8, 4) is 5.75 Å². The highest BCUT2D eigenvalue weighted by Crippen LogP contribution is 2.60. The smallest absolute Gasteiger partial charge is 0.327 e. The fourth-order valence-electron chi connectivity index (χ4n) is 7.27. The van der Waals surface area contributed by atoms with Crippen molar-refractivity contribution in [1.82, 2.24) is 4.90 Å². The minimum Gasteiger partial charge on any atom is -0.493 e. The molecule has 1 amide bonds. The van der Waals surface area contributed by atoms with Crippen molar-refractivity contribution < 1.29 is 23.8 Å². The van der Waals surface area contributed by atoms with Gasteiger partial charge in [0.25, 0.3) is 5.91 Å². The van der Waals surface area contributed by atoms with Crippen molar-refractivity contribution in [2.24, 2.45) is 23.2 Å². The Kier molecular flexibility index (Phi) is 4.97. The molecule has 6 aliphatic rings. The van der Waals surface area contributed by atoms with Crippen molar-refractivity contribution in [2.45, 2.75) is 63.3 Å². The highest BCUT2D eigenvalue weighted by atomic mass is 32.2. The Labute approximate surface area is 192 Å². The van der Waals surface area contributed by atoms with E-state index in [2.05, 4.69) is 0 Å². The van der Waals surface area contributed by atoms with Crippen molar-refractivity contribution in [2.75, 3.05) is 18.2 Å². The summed E-state index contributed by atoms with van der Waals surface area (Å²) in [5, 5.41) is 9.41. The maximum absolute atomic E-state index is 15.1. The number of benzene rings is 1. The van der Waals surface area contributed by atoms with Crippen LogP contribution in [0.1, 0.15) is 73.2 Å². The summed E-state index contributed by atoms with van der Waals surface area (Å²) in [5.74, 6) is 1.83. The van der Waals surface area contributed by atoms with Crippen LogP contribution in [-0.2, 0) is 4.79 Å². The van der Waals surface area contributed by atoms with E-state index >= 15 is 4.39 Å². The molecule has 0 unspecified atom stereocenters. The molecule has 5 saturated carbocycles. The number of carbonyl (C=O) groups excluding carboxylic acids is 1. The lowest BCUT2D eigenvalue weighted by Crippen LogP contribution is -2.48. The number of carboxylic acids is 1. The number of aliphatic carboxylic acids is 1. The minimum absolute atomic E-state index is 0.0252. The molecule has 1 aromatic carbocycles. The van der Waals surface area contributed by atoms with Gasteiger partial charge < -0.3 is 14.7 Å². The number of thioether (sulfide) groups is 1. The molecule has 32 heavy (non-hydrogen) atoms. The third kappa shape index (κ3) is 3.61. The zero-order valence-electron chi connectivity index (χ0n) is 18.2. The van der Waals surface area contributed by atoms with E-state index in [9.17, 15) is 14.7 Å². The van der Waals surface area contributed by atoms with Crippen LogP contribution in [0.25, 0.3) is 0 Å². The molecule has 172 valence electrons. The van der Waals surface area contributed by atoms with Crippen molar-refractivity contribution in [1.29, 1.82) is 0 Å². The lowest BCUT2D eigenvalue weighted by Gasteiger charge is -2.56. The highest BCUT2D eigenvalue weighted by molar-refractivity contribution is 7.99. The molecule has 6 fully saturated rings. The van der Waals surface area contributed by atoms with E-state index in [4.69, 9.17) is 4.74 Å². The third-order valence-corrected chi connectivity index (χ3v) is 9.49. The second-order valence-corrected chi connectivity index (χ2v) is 12.0. The van der Waals surface area contributed by atoms with Gasteiger partial charge in [0.1, 0.15) is 17.6 Å². The lowest BCUT2D eigenvalue weighted by atomic mass is 9.50. The quantitative estimate of drug-likeness (QED) is 0.656. The van der Waals surface area contributed by atoms with Crippen LogP contribution in [0.2, 0.25) is 0 Å². The molecule has 1 N–H and O–H groups in total. The van der Waals surface area contributed by atoms with Crippen LogP contribution in [0.4, 0.5) is 4.39 Å². The summed E-state index contributed by atoms with van der Waals surface area (Å²) in [6.07, 6.45) is 9.88. The van der Waals surface area contributed by atoms with Gasteiger partial charge in [-0.25, -0.2) is 9.18 Å². The van der Waals surface area contributed by atoms with E-state index < -0.39 is 23.7 Å². The van der Waals surface area contributed by atoms with Gasteiger partial charge in [0.15, 0.2) is 0 Å². The molecule has 1 aliphatic heterocycles. The molecule has 0 spiro atoms. The number of carbonyl (C=O) groups is 2. The largest absolute Gasteiger partial charge is 0.493 e. The SMILES string of the molecule is O=C(O)[C@H]1CSCN1C(=O)c1cc(C2CC2)c(OCC23CC4CC(CC(C4)C2)C3)cc1F. The summed E-state index contributed by atoms with van der Waals surface area (Å²) in [6, 6.07) is 2.13. The van der Waals surface area contributed by atoms with E-state index in [1.54, 1.807) is 6.07 Å². The Morgan fingerprint density at radius 3 is 2.38 bits per heavy atom. The van der Waals surface area contributed by atoms with Gasteiger partial charge in [-0.05, 0) is 86.7 Å². The Morgan fingerprint density at radius 1 is 1.12 bits per heavy atom. The molecular formula is C25H30FNO4S. The summed E-state index contributed by atoms with van der Waals surface area (Å²) < 4.78 is 21.5.